The monoisotopic (exact) mass is 261 g/mol. The van der Waals surface area contributed by atoms with Crippen LogP contribution in [0.5, 0.6) is 0 Å². The molecular weight excluding hydrogens is 234 g/mol. The van der Waals surface area contributed by atoms with Crippen molar-refractivity contribution in [1.29, 1.82) is 0 Å². The molecule has 102 valence electrons. The summed E-state index contributed by atoms with van der Waals surface area (Å²) >= 11 is 1.50. The van der Waals surface area contributed by atoms with Crippen LogP contribution in [-0.4, -0.2) is 34.2 Å². The van der Waals surface area contributed by atoms with Crippen LogP contribution in [0.1, 0.15) is 53.4 Å². The maximum absolute atomic E-state index is 11.6. The van der Waals surface area contributed by atoms with E-state index in [2.05, 4.69) is 19.2 Å². The first kappa shape index (κ1) is 16.8. The highest BCUT2D eigenvalue weighted by Gasteiger charge is 2.12. The van der Waals surface area contributed by atoms with E-state index in [4.69, 9.17) is 0 Å². The number of carbonyl (C=O) groups is 1. The average molecular weight is 261 g/mol. The van der Waals surface area contributed by atoms with Gasteiger partial charge >= 0.3 is 0 Å². The summed E-state index contributed by atoms with van der Waals surface area (Å²) in [6, 6.07) is 0.261. The molecule has 4 heteroatoms. The first-order valence-corrected chi connectivity index (χ1v) is 7.61. The first-order valence-electron chi connectivity index (χ1n) is 6.56. The van der Waals surface area contributed by atoms with E-state index in [1.54, 1.807) is 6.92 Å². The van der Waals surface area contributed by atoms with Crippen LogP contribution in [0.4, 0.5) is 0 Å². The van der Waals surface area contributed by atoms with Gasteiger partial charge in [-0.15, -0.1) is 11.8 Å². The highest BCUT2D eigenvalue weighted by molar-refractivity contribution is 8.00. The SMILES string of the molecule is CCCCCC(C)NC(=O)CSC(C)C(C)O. The summed E-state index contributed by atoms with van der Waals surface area (Å²) in [5.41, 5.74) is 0. The molecule has 0 radical (unpaired) electrons. The van der Waals surface area contributed by atoms with E-state index in [0.717, 1.165) is 6.42 Å². The van der Waals surface area contributed by atoms with Gasteiger partial charge in [0.25, 0.3) is 0 Å². The smallest absolute Gasteiger partial charge is 0.230 e. The normalized spacial score (nSPS) is 16.3. The number of rotatable bonds is 9. The predicted octanol–water partition coefficient (Wildman–Crippen LogP) is 2.57. The Morgan fingerprint density at radius 1 is 1.29 bits per heavy atom. The van der Waals surface area contributed by atoms with Crippen molar-refractivity contribution in [2.75, 3.05) is 5.75 Å². The van der Waals surface area contributed by atoms with Crippen molar-refractivity contribution in [3.8, 4) is 0 Å². The molecule has 0 aromatic carbocycles. The number of unbranched alkanes of at least 4 members (excludes halogenated alkanes) is 2. The summed E-state index contributed by atoms with van der Waals surface area (Å²) in [5, 5.41) is 12.4. The number of amides is 1. The third-order valence-electron chi connectivity index (χ3n) is 2.80. The minimum Gasteiger partial charge on any atom is -0.392 e. The lowest BCUT2D eigenvalue weighted by Crippen LogP contribution is -2.34. The van der Waals surface area contributed by atoms with Crippen molar-refractivity contribution >= 4 is 17.7 Å². The molecule has 0 aromatic heterocycles. The summed E-state index contributed by atoms with van der Waals surface area (Å²) < 4.78 is 0. The van der Waals surface area contributed by atoms with Crippen molar-refractivity contribution in [2.45, 2.75) is 70.8 Å². The standard InChI is InChI=1S/C13H27NO2S/c1-5-6-7-8-10(2)14-13(16)9-17-12(4)11(3)15/h10-12,15H,5-9H2,1-4H3,(H,14,16). The highest BCUT2D eigenvalue weighted by Crippen LogP contribution is 2.13. The zero-order chi connectivity index (χ0) is 13.3. The minimum atomic E-state index is -0.366. The fourth-order valence-electron chi connectivity index (χ4n) is 1.44. The molecular formula is C13H27NO2S. The summed E-state index contributed by atoms with van der Waals surface area (Å²) in [7, 11) is 0. The van der Waals surface area contributed by atoms with E-state index < -0.39 is 0 Å². The van der Waals surface area contributed by atoms with Crippen molar-refractivity contribution in [2.24, 2.45) is 0 Å². The third-order valence-corrected chi connectivity index (χ3v) is 4.15. The molecule has 0 aliphatic heterocycles. The Morgan fingerprint density at radius 2 is 1.94 bits per heavy atom. The second-order valence-electron chi connectivity index (χ2n) is 4.72. The molecule has 0 rings (SSSR count). The average Bonchev–Trinajstić information content (AvgIpc) is 2.26. The van der Waals surface area contributed by atoms with Crippen LogP contribution >= 0.6 is 11.8 Å². The lowest BCUT2D eigenvalue weighted by atomic mass is 10.1. The van der Waals surface area contributed by atoms with E-state index in [9.17, 15) is 9.90 Å². The van der Waals surface area contributed by atoms with Gasteiger partial charge in [0.05, 0.1) is 11.9 Å². The Balaban J connectivity index is 3.63. The zero-order valence-corrected chi connectivity index (χ0v) is 12.3. The number of hydrogen-bond acceptors (Lipinski definition) is 3. The van der Waals surface area contributed by atoms with E-state index in [1.807, 2.05) is 6.92 Å². The van der Waals surface area contributed by atoms with Gasteiger partial charge in [0, 0.05) is 11.3 Å². The maximum Gasteiger partial charge on any atom is 0.230 e. The topological polar surface area (TPSA) is 49.3 Å². The molecule has 3 atom stereocenters. The highest BCUT2D eigenvalue weighted by atomic mass is 32.2. The van der Waals surface area contributed by atoms with Crippen molar-refractivity contribution in [3.05, 3.63) is 0 Å². The number of aliphatic hydroxyl groups is 1. The number of carbonyl (C=O) groups excluding carboxylic acids is 1. The molecule has 0 aliphatic carbocycles. The molecule has 0 fully saturated rings. The summed E-state index contributed by atoms with van der Waals surface area (Å²) in [4.78, 5) is 11.6. The van der Waals surface area contributed by atoms with Crippen LogP contribution in [0.2, 0.25) is 0 Å². The molecule has 0 spiro atoms. The molecule has 2 N–H and O–H groups in total. The van der Waals surface area contributed by atoms with Crippen molar-refractivity contribution in [3.63, 3.8) is 0 Å². The number of thioether (sulfide) groups is 1. The lowest BCUT2D eigenvalue weighted by molar-refractivity contribution is -0.119. The minimum absolute atomic E-state index is 0.0755. The van der Waals surface area contributed by atoms with Crippen LogP contribution in [0, 0.1) is 0 Å². The molecule has 0 saturated carbocycles. The van der Waals surface area contributed by atoms with Crippen LogP contribution < -0.4 is 5.32 Å². The molecule has 3 nitrogen and oxygen atoms in total. The Hall–Kier alpha value is -0.220. The fourth-order valence-corrected chi connectivity index (χ4v) is 2.21. The van der Waals surface area contributed by atoms with Crippen molar-refractivity contribution in [1.82, 2.24) is 5.32 Å². The first-order chi connectivity index (χ1) is 7.97. The quantitative estimate of drug-likeness (QED) is 0.627. The van der Waals surface area contributed by atoms with Crippen LogP contribution in [-0.2, 0) is 4.79 Å². The molecule has 0 heterocycles. The Bertz CT molecular complexity index is 210. The largest absolute Gasteiger partial charge is 0.392 e. The molecule has 17 heavy (non-hydrogen) atoms. The van der Waals surface area contributed by atoms with Crippen LogP contribution in [0.3, 0.4) is 0 Å². The van der Waals surface area contributed by atoms with Gasteiger partial charge < -0.3 is 10.4 Å². The third kappa shape index (κ3) is 9.48. The van der Waals surface area contributed by atoms with E-state index in [1.165, 1.54) is 31.0 Å². The molecule has 0 aliphatic rings. The van der Waals surface area contributed by atoms with Gasteiger partial charge in [0.2, 0.25) is 5.91 Å². The van der Waals surface area contributed by atoms with Gasteiger partial charge in [-0.25, -0.2) is 0 Å². The van der Waals surface area contributed by atoms with E-state index in [0.29, 0.717) is 5.75 Å². The molecule has 0 bridgehead atoms. The second kappa shape index (κ2) is 9.77. The van der Waals surface area contributed by atoms with Crippen LogP contribution in [0.25, 0.3) is 0 Å². The number of hydrogen-bond donors (Lipinski definition) is 2. The zero-order valence-electron chi connectivity index (χ0n) is 11.5. The van der Waals surface area contributed by atoms with Crippen molar-refractivity contribution < 1.29 is 9.90 Å². The van der Waals surface area contributed by atoms with E-state index >= 15 is 0 Å². The summed E-state index contributed by atoms with van der Waals surface area (Å²) in [6.07, 6.45) is 4.30. The molecule has 3 unspecified atom stereocenters. The summed E-state index contributed by atoms with van der Waals surface area (Å²) in [6.45, 7) is 7.92. The van der Waals surface area contributed by atoms with Gasteiger partial charge in [0.15, 0.2) is 0 Å². The van der Waals surface area contributed by atoms with Gasteiger partial charge in [-0.05, 0) is 20.3 Å². The maximum atomic E-state index is 11.6. The van der Waals surface area contributed by atoms with Gasteiger partial charge in [0.1, 0.15) is 0 Å². The van der Waals surface area contributed by atoms with Gasteiger partial charge in [-0.2, -0.15) is 0 Å². The van der Waals surface area contributed by atoms with Gasteiger partial charge in [-0.1, -0.05) is 33.1 Å². The lowest BCUT2D eigenvalue weighted by Gasteiger charge is -2.16. The Kier molecular flexibility index (Phi) is 9.65. The Morgan fingerprint density at radius 3 is 2.47 bits per heavy atom. The number of aliphatic hydroxyl groups excluding tert-OH is 1. The predicted molar refractivity (Wildman–Crippen MR) is 75.3 cm³/mol. The fraction of sp³-hybridized carbons (Fsp3) is 0.923. The molecule has 0 saturated heterocycles. The Labute approximate surface area is 110 Å². The van der Waals surface area contributed by atoms with E-state index in [-0.39, 0.29) is 23.3 Å². The summed E-state index contributed by atoms with van der Waals surface area (Å²) in [5.74, 6) is 0.510. The molecule has 0 aromatic rings. The molecule has 1 amide bonds. The number of nitrogens with one attached hydrogen (secondary N) is 1. The van der Waals surface area contributed by atoms with Gasteiger partial charge in [-0.3, -0.25) is 4.79 Å². The van der Waals surface area contributed by atoms with Crippen LogP contribution in [0.15, 0.2) is 0 Å². The second-order valence-corrected chi connectivity index (χ2v) is 6.09.